The SMILES string of the molecule is COc1cc(/C=C/C(=O)N2CCC=C(Cl)C2=O)cc(C)c1OCc1nnc(-c2cc(Cl)cc(Cl)c2)o1. The van der Waals surface area contributed by atoms with Crippen molar-refractivity contribution >= 4 is 52.7 Å². The Morgan fingerprint density at radius 3 is 2.61 bits per heavy atom. The second kappa shape index (κ2) is 11.2. The molecule has 0 saturated carbocycles. The van der Waals surface area contributed by atoms with E-state index in [4.69, 9.17) is 48.7 Å². The Bertz CT molecular complexity index is 1360. The third kappa shape index (κ3) is 5.90. The largest absolute Gasteiger partial charge is 0.493 e. The molecule has 1 aliphatic rings. The summed E-state index contributed by atoms with van der Waals surface area (Å²) in [5.74, 6) is 0.485. The Morgan fingerprint density at radius 2 is 1.89 bits per heavy atom. The number of amides is 2. The third-order valence-corrected chi connectivity index (χ3v) is 5.96. The van der Waals surface area contributed by atoms with Gasteiger partial charge in [0.2, 0.25) is 5.89 Å². The van der Waals surface area contributed by atoms with Crippen molar-refractivity contribution in [2.24, 2.45) is 0 Å². The lowest BCUT2D eigenvalue weighted by Crippen LogP contribution is -2.38. The molecule has 0 aliphatic carbocycles. The summed E-state index contributed by atoms with van der Waals surface area (Å²) in [7, 11) is 1.51. The lowest BCUT2D eigenvalue weighted by Gasteiger charge is -2.21. The van der Waals surface area contributed by atoms with Crippen LogP contribution < -0.4 is 9.47 Å². The lowest BCUT2D eigenvalue weighted by atomic mass is 10.1. The molecule has 0 atom stereocenters. The zero-order valence-corrected chi connectivity index (χ0v) is 21.5. The highest BCUT2D eigenvalue weighted by Crippen LogP contribution is 2.34. The van der Waals surface area contributed by atoms with Gasteiger partial charge in [0.15, 0.2) is 18.1 Å². The normalized spacial score (nSPS) is 13.8. The third-order valence-electron chi connectivity index (χ3n) is 5.21. The highest BCUT2D eigenvalue weighted by atomic mass is 35.5. The number of carbonyl (C=O) groups is 2. The van der Waals surface area contributed by atoms with Gasteiger partial charge in [0.1, 0.15) is 5.03 Å². The Labute approximate surface area is 222 Å². The zero-order valence-electron chi connectivity index (χ0n) is 19.3. The van der Waals surface area contributed by atoms with E-state index in [1.165, 1.54) is 13.2 Å². The van der Waals surface area contributed by atoms with E-state index >= 15 is 0 Å². The molecule has 0 fully saturated rings. The number of nitrogens with zero attached hydrogens (tertiary/aromatic N) is 3. The Balaban J connectivity index is 1.46. The van der Waals surface area contributed by atoms with Crippen LogP contribution in [0.15, 0.2) is 51.9 Å². The molecular weight excluding hydrogens is 529 g/mol. The molecule has 1 aromatic heterocycles. The average molecular weight is 549 g/mol. The molecule has 3 aromatic rings. The summed E-state index contributed by atoms with van der Waals surface area (Å²) >= 11 is 17.9. The van der Waals surface area contributed by atoms with Crippen molar-refractivity contribution < 1.29 is 23.5 Å². The first kappa shape index (κ1) is 25.8. The van der Waals surface area contributed by atoms with Crippen LogP contribution in [0, 0.1) is 6.92 Å². The smallest absolute Gasteiger partial charge is 0.271 e. The lowest BCUT2D eigenvalue weighted by molar-refractivity contribution is -0.139. The van der Waals surface area contributed by atoms with Gasteiger partial charge in [0.05, 0.1) is 7.11 Å². The molecule has 2 heterocycles. The molecular formula is C25H20Cl3N3O5. The fourth-order valence-electron chi connectivity index (χ4n) is 3.55. The van der Waals surface area contributed by atoms with Gasteiger partial charge in [-0.3, -0.25) is 14.5 Å². The molecule has 0 unspecified atom stereocenters. The number of aryl methyl sites for hydroxylation is 1. The van der Waals surface area contributed by atoms with Gasteiger partial charge < -0.3 is 13.9 Å². The molecule has 0 saturated heterocycles. The summed E-state index contributed by atoms with van der Waals surface area (Å²) in [4.78, 5) is 25.7. The van der Waals surface area contributed by atoms with Crippen LogP contribution in [0.4, 0.5) is 0 Å². The van der Waals surface area contributed by atoms with Crippen LogP contribution in [0.25, 0.3) is 17.5 Å². The van der Waals surface area contributed by atoms with Gasteiger partial charge in [-0.05, 0) is 60.9 Å². The predicted molar refractivity (Wildman–Crippen MR) is 136 cm³/mol. The van der Waals surface area contributed by atoms with E-state index in [9.17, 15) is 9.59 Å². The highest BCUT2D eigenvalue weighted by molar-refractivity contribution is 6.43. The van der Waals surface area contributed by atoms with E-state index in [-0.39, 0.29) is 30.0 Å². The summed E-state index contributed by atoms with van der Waals surface area (Å²) in [5.41, 5.74) is 2.03. The number of ether oxygens (including phenoxy) is 2. The van der Waals surface area contributed by atoms with Gasteiger partial charge in [0.25, 0.3) is 17.7 Å². The van der Waals surface area contributed by atoms with Crippen molar-refractivity contribution in [3.05, 3.63) is 74.6 Å². The average Bonchev–Trinajstić information content (AvgIpc) is 3.32. The molecule has 1 aliphatic heterocycles. The quantitative estimate of drug-likeness (QED) is 0.343. The Morgan fingerprint density at radius 1 is 1.14 bits per heavy atom. The van der Waals surface area contributed by atoms with Crippen LogP contribution in [-0.4, -0.2) is 40.6 Å². The first-order valence-corrected chi connectivity index (χ1v) is 11.9. The predicted octanol–water partition coefficient (Wildman–Crippen LogP) is 5.83. The minimum atomic E-state index is -0.502. The Kier molecular flexibility index (Phi) is 7.98. The molecule has 2 aromatic carbocycles. The molecule has 36 heavy (non-hydrogen) atoms. The summed E-state index contributed by atoms with van der Waals surface area (Å²) < 4.78 is 17.1. The number of hydrogen-bond donors (Lipinski definition) is 0. The van der Waals surface area contributed by atoms with Crippen LogP contribution in [0.2, 0.25) is 10.0 Å². The number of halogens is 3. The molecule has 4 rings (SSSR count). The summed E-state index contributed by atoms with van der Waals surface area (Å²) in [6, 6.07) is 8.48. The van der Waals surface area contributed by atoms with Crippen molar-refractivity contribution in [1.29, 1.82) is 0 Å². The number of benzene rings is 2. The number of carbonyl (C=O) groups excluding carboxylic acids is 2. The van der Waals surface area contributed by atoms with Crippen LogP contribution >= 0.6 is 34.8 Å². The monoisotopic (exact) mass is 547 g/mol. The van der Waals surface area contributed by atoms with E-state index in [0.717, 1.165) is 10.5 Å². The minimum Gasteiger partial charge on any atom is -0.493 e. The Hall–Kier alpha value is -3.33. The number of rotatable bonds is 7. The standard InChI is InChI=1S/C25H20Cl3N3O5/c1-14-8-15(5-6-22(32)31-7-3-4-19(28)25(31)33)9-20(34-2)23(14)35-13-21-29-30-24(36-21)16-10-17(26)12-18(27)11-16/h4-6,8-12H,3,7,13H2,1-2H3/b6-5+. The van der Waals surface area contributed by atoms with E-state index < -0.39 is 11.8 Å². The number of hydrogen-bond acceptors (Lipinski definition) is 7. The first-order valence-electron chi connectivity index (χ1n) is 10.7. The number of imide groups is 1. The molecule has 0 bridgehead atoms. The molecule has 186 valence electrons. The van der Waals surface area contributed by atoms with Gasteiger partial charge in [0, 0.05) is 28.2 Å². The fraction of sp³-hybridized carbons (Fsp3) is 0.200. The number of methoxy groups -OCH3 is 1. The van der Waals surface area contributed by atoms with E-state index in [1.54, 1.807) is 36.4 Å². The van der Waals surface area contributed by atoms with Gasteiger partial charge in [-0.1, -0.05) is 40.9 Å². The van der Waals surface area contributed by atoms with Crippen LogP contribution in [-0.2, 0) is 16.2 Å². The van der Waals surface area contributed by atoms with Crippen LogP contribution in [0.3, 0.4) is 0 Å². The molecule has 8 nitrogen and oxygen atoms in total. The van der Waals surface area contributed by atoms with E-state index in [1.807, 2.05) is 13.0 Å². The van der Waals surface area contributed by atoms with Crippen LogP contribution in [0.5, 0.6) is 11.5 Å². The summed E-state index contributed by atoms with van der Waals surface area (Å²) in [6.07, 6.45) is 5.05. The van der Waals surface area contributed by atoms with E-state index in [0.29, 0.717) is 39.1 Å². The maximum Gasteiger partial charge on any atom is 0.271 e. The van der Waals surface area contributed by atoms with Gasteiger partial charge in [-0.2, -0.15) is 0 Å². The molecule has 0 N–H and O–H groups in total. The molecule has 0 radical (unpaired) electrons. The van der Waals surface area contributed by atoms with Crippen molar-refractivity contribution in [2.75, 3.05) is 13.7 Å². The van der Waals surface area contributed by atoms with Gasteiger partial charge >= 0.3 is 0 Å². The van der Waals surface area contributed by atoms with E-state index in [2.05, 4.69) is 10.2 Å². The highest BCUT2D eigenvalue weighted by Gasteiger charge is 2.24. The first-order chi connectivity index (χ1) is 17.2. The molecule has 11 heteroatoms. The van der Waals surface area contributed by atoms with Gasteiger partial charge in [-0.25, -0.2) is 0 Å². The summed E-state index contributed by atoms with van der Waals surface area (Å²) in [6.45, 7) is 2.12. The van der Waals surface area contributed by atoms with Crippen molar-refractivity contribution in [3.63, 3.8) is 0 Å². The zero-order chi connectivity index (χ0) is 25.8. The molecule has 0 spiro atoms. The molecule has 2 amide bonds. The topological polar surface area (TPSA) is 94.8 Å². The van der Waals surface area contributed by atoms with Gasteiger partial charge in [-0.15, -0.1) is 10.2 Å². The summed E-state index contributed by atoms with van der Waals surface area (Å²) in [5, 5.41) is 8.99. The maximum atomic E-state index is 12.5. The van der Waals surface area contributed by atoms with Crippen molar-refractivity contribution in [3.8, 4) is 23.0 Å². The second-order valence-corrected chi connectivity index (χ2v) is 9.07. The fourth-order valence-corrected chi connectivity index (χ4v) is 4.28. The van der Waals surface area contributed by atoms with Crippen molar-refractivity contribution in [2.45, 2.75) is 20.0 Å². The number of aromatic nitrogens is 2. The van der Waals surface area contributed by atoms with Crippen LogP contribution in [0.1, 0.15) is 23.4 Å². The minimum absolute atomic E-state index is 0.00246. The maximum absolute atomic E-state index is 12.5. The second-order valence-electron chi connectivity index (χ2n) is 7.79. The van der Waals surface area contributed by atoms with Crippen molar-refractivity contribution in [1.82, 2.24) is 15.1 Å².